The number of aromatic nitrogens is 2. The number of allylic oxidation sites excluding steroid dienone is 6. The van der Waals surface area contributed by atoms with Crippen molar-refractivity contribution in [3.8, 4) is 18.2 Å². The third kappa shape index (κ3) is 5.56. The molecule has 1 aliphatic carbocycles. The molecule has 49 heavy (non-hydrogen) atoms. The number of hydrogen-bond donors (Lipinski definition) is 0. The first kappa shape index (κ1) is 35.9. The standard InChI is InChI=1S/C27F17N5/c28-14-10(15(29)19(33)12(18(14)32)26(39,40)41)4(1-45)7-8(9(7)6(3-47)23-22(36)24(37)49-25(38)48-23)5(2-46)11-16(30)20(34)13(27(42,43)44)21(35)17(11)31/b7-4-,8-5+,9-6?. The topological polar surface area (TPSA) is 97.2 Å². The maximum atomic E-state index is 15.0. The Hall–Kier alpha value is -5.98. The number of hydrogen-bond acceptors (Lipinski definition) is 5. The molecule has 4 rings (SSSR count). The van der Waals surface area contributed by atoms with Crippen LogP contribution in [0.25, 0.3) is 16.7 Å². The van der Waals surface area contributed by atoms with Crippen LogP contribution in [0, 0.1) is 98.4 Å². The van der Waals surface area contributed by atoms with Crippen molar-refractivity contribution in [1.29, 1.82) is 15.8 Å². The highest BCUT2D eigenvalue weighted by molar-refractivity contribution is 6.12. The normalized spacial score (nSPS) is 16.1. The Morgan fingerprint density at radius 1 is 0.429 bits per heavy atom. The van der Waals surface area contributed by atoms with Gasteiger partial charge in [-0.25, -0.2) is 35.1 Å². The van der Waals surface area contributed by atoms with E-state index in [1.807, 2.05) is 0 Å². The molecule has 0 unspecified atom stereocenters. The average Bonchev–Trinajstić information content (AvgIpc) is 3.70. The van der Waals surface area contributed by atoms with Crippen molar-refractivity contribution in [2.24, 2.45) is 0 Å². The van der Waals surface area contributed by atoms with Gasteiger partial charge in [-0.1, -0.05) is 0 Å². The lowest BCUT2D eigenvalue weighted by atomic mass is 9.98. The minimum Gasteiger partial charge on any atom is -0.203 e. The highest BCUT2D eigenvalue weighted by Crippen LogP contribution is 2.57. The second kappa shape index (κ2) is 11.9. The van der Waals surface area contributed by atoms with Crippen LogP contribution in [-0.4, -0.2) is 9.97 Å². The van der Waals surface area contributed by atoms with Crippen LogP contribution in [0.2, 0.25) is 0 Å². The zero-order chi connectivity index (χ0) is 37.2. The third-order valence-electron chi connectivity index (χ3n) is 6.39. The second-order valence-corrected chi connectivity index (χ2v) is 9.04. The molecule has 22 heteroatoms. The first-order valence-electron chi connectivity index (χ1n) is 11.8. The van der Waals surface area contributed by atoms with Crippen LogP contribution >= 0.6 is 0 Å². The van der Waals surface area contributed by atoms with Crippen molar-refractivity contribution in [2.45, 2.75) is 12.4 Å². The molecule has 1 aromatic heterocycles. The van der Waals surface area contributed by atoms with Gasteiger partial charge in [0, 0.05) is 16.7 Å². The molecule has 1 fully saturated rings. The summed E-state index contributed by atoms with van der Waals surface area (Å²) in [6, 6.07) is 2.42. The van der Waals surface area contributed by atoms with Gasteiger partial charge in [0.05, 0.1) is 27.8 Å². The van der Waals surface area contributed by atoms with Crippen molar-refractivity contribution in [2.75, 3.05) is 0 Å². The minimum absolute atomic E-state index is 0.753. The van der Waals surface area contributed by atoms with Crippen LogP contribution in [0.1, 0.15) is 27.9 Å². The Morgan fingerprint density at radius 3 is 1.02 bits per heavy atom. The molecule has 252 valence electrons. The van der Waals surface area contributed by atoms with E-state index in [-0.39, 0.29) is 0 Å². The lowest BCUT2D eigenvalue weighted by molar-refractivity contribution is -0.144. The smallest absolute Gasteiger partial charge is 0.203 e. The van der Waals surface area contributed by atoms with E-state index in [4.69, 9.17) is 0 Å². The first-order valence-corrected chi connectivity index (χ1v) is 11.8. The maximum Gasteiger partial charge on any atom is 0.422 e. The van der Waals surface area contributed by atoms with E-state index < -0.39 is 138 Å². The molecule has 2 aromatic carbocycles. The van der Waals surface area contributed by atoms with E-state index in [1.54, 1.807) is 0 Å². The average molecular weight is 717 g/mol. The zero-order valence-corrected chi connectivity index (χ0v) is 22.2. The Balaban J connectivity index is 2.32. The predicted molar refractivity (Wildman–Crippen MR) is 122 cm³/mol. The number of nitrogens with zero attached hydrogens (tertiary/aromatic N) is 5. The molecule has 0 bridgehead atoms. The Morgan fingerprint density at radius 2 is 0.735 bits per heavy atom. The SMILES string of the molecule is N#CC(=C1C(=C(\C#N)c2c(F)c(F)c(C(F)(F)F)c(F)c2F)/C1=C(\C#N)c1c(F)c(F)c(C(F)(F)F)c(F)c1F)c1nc(F)nc(F)c1F. The van der Waals surface area contributed by atoms with Gasteiger partial charge in [-0.15, -0.1) is 0 Å². The molecular formula is C27F17N5. The number of halogens is 17. The van der Waals surface area contributed by atoms with Crippen molar-refractivity contribution < 1.29 is 74.6 Å². The van der Waals surface area contributed by atoms with Gasteiger partial charge in [-0.2, -0.15) is 65.3 Å². The highest BCUT2D eigenvalue weighted by Gasteiger charge is 2.49. The molecular weight excluding hydrogens is 717 g/mol. The minimum atomic E-state index is -6.16. The second-order valence-electron chi connectivity index (χ2n) is 9.04. The summed E-state index contributed by atoms with van der Waals surface area (Å²) in [5.74, 6) is -29.9. The highest BCUT2D eigenvalue weighted by atomic mass is 19.4. The first-order chi connectivity index (χ1) is 22.6. The maximum absolute atomic E-state index is 15.0. The third-order valence-corrected chi connectivity index (χ3v) is 6.39. The van der Waals surface area contributed by atoms with Gasteiger partial charge in [0.15, 0.2) is 46.5 Å². The number of benzene rings is 2. The van der Waals surface area contributed by atoms with E-state index in [9.17, 15) is 90.4 Å². The molecule has 3 aromatic rings. The lowest BCUT2D eigenvalue weighted by Crippen LogP contribution is -2.17. The molecule has 1 aliphatic rings. The quantitative estimate of drug-likeness (QED) is 0.0894. The van der Waals surface area contributed by atoms with Gasteiger partial charge in [0.25, 0.3) is 5.95 Å². The van der Waals surface area contributed by atoms with Crippen molar-refractivity contribution >= 4 is 16.7 Å². The summed E-state index contributed by atoms with van der Waals surface area (Å²) in [6.45, 7) is 0. The Labute approximate surface area is 257 Å². The van der Waals surface area contributed by atoms with Gasteiger partial charge in [0.2, 0.25) is 5.82 Å². The molecule has 0 atom stereocenters. The van der Waals surface area contributed by atoms with Gasteiger partial charge < -0.3 is 0 Å². The van der Waals surface area contributed by atoms with Gasteiger partial charge in [-0.05, 0) is 0 Å². The predicted octanol–water partition coefficient (Wildman–Crippen LogP) is 8.29. The van der Waals surface area contributed by atoms with E-state index in [0.29, 0.717) is 0 Å². The van der Waals surface area contributed by atoms with Crippen LogP contribution in [0.5, 0.6) is 0 Å². The summed E-state index contributed by atoms with van der Waals surface area (Å²) in [5, 5.41) is 29.0. The van der Waals surface area contributed by atoms with E-state index in [1.165, 1.54) is 0 Å². The summed E-state index contributed by atoms with van der Waals surface area (Å²) < 4.78 is 238. The Bertz CT molecular complexity index is 2060. The summed E-state index contributed by atoms with van der Waals surface area (Å²) in [4.78, 5) is 4.96. The fourth-order valence-electron chi connectivity index (χ4n) is 4.40. The molecule has 0 saturated heterocycles. The monoisotopic (exact) mass is 717 g/mol. The fourth-order valence-corrected chi connectivity index (χ4v) is 4.40. The fraction of sp³-hybridized carbons (Fsp3) is 0.0741. The summed E-state index contributed by atoms with van der Waals surface area (Å²) in [7, 11) is 0. The van der Waals surface area contributed by atoms with Gasteiger partial charge in [-0.3, -0.25) is 0 Å². The van der Waals surface area contributed by atoms with E-state index in [0.717, 1.165) is 18.2 Å². The molecule has 1 heterocycles. The molecule has 0 N–H and O–H groups in total. The zero-order valence-electron chi connectivity index (χ0n) is 22.2. The molecule has 0 spiro atoms. The summed E-state index contributed by atoms with van der Waals surface area (Å²) in [6.07, 6.45) is -14.5. The summed E-state index contributed by atoms with van der Waals surface area (Å²) in [5.41, 5.74) is -23.8. The van der Waals surface area contributed by atoms with Crippen molar-refractivity contribution in [3.05, 3.63) is 109 Å². The van der Waals surface area contributed by atoms with E-state index >= 15 is 0 Å². The van der Waals surface area contributed by atoms with Crippen LogP contribution in [0.4, 0.5) is 74.6 Å². The number of alkyl halides is 6. The number of rotatable bonds is 3. The summed E-state index contributed by atoms with van der Waals surface area (Å²) >= 11 is 0. The molecule has 0 amide bonds. The molecule has 5 nitrogen and oxygen atoms in total. The van der Waals surface area contributed by atoms with Gasteiger partial charge in [0.1, 0.15) is 35.0 Å². The van der Waals surface area contributed by atoms with Crippen molar-refractivity contribution in [3.63, 3.8) is 0 Å². The Kier molecular flexibility index (Phi) is 8.72. The number of nitriles is 3. The largest absolute Gasteiger partial charge is 0.422 e. The molecule has 0 aliphatic heterocycles. The van der Waals surface area contributed by atoms with Crippen LogP contribution < -0.4 is 0 Å². The van der Waals surface area contributed by atoms with Crippen LogP contribution in [0.3, 0.4) is 0 Å². The lowest BCUT2D eigenvalue weighted by Gasteiger charge is -2.14. The van der Waals surface area contributed by atoms with Gasteiger partial charge >= 0.3 is 18.4 Å². The van der Waals surface area contributed by atoms with Crippen molar-refractivity contribution in [1.82, 2.24) is 9.97 Å². The molecule has 0 radical (unpaired) electrons. The van der Waals surface area contributed by atoms with Crippen LogP contribution in [-0.2, 0) is 12.4 Å². The van der Waals surface area contributed by atoms with E-state index in [2.05, 4.69) is 9.97 Å². The molecule has 1 saturated carbocycles. The van der Waals surface area contributed by atoms with Crippen LogP contribution in [0.15, 0.2) is 16.7 Å².